The molecule has 0 spiro atoms. The minimum Gasteiger partial charge on any atom is -0.478 e. The number of hydrogen-bond acceptors (Lipinski definition) is 3. The third kappa shape index (κ3) is 4.78. The molecule has 0 bridgehead atoms. The van der Waals surface area contributed by atoms with Crippen LogP contribution in [0.4, 0.5) is 0 Å². The average molecular weight is 370 g/mol. The number of allylic oxidation sites excluding steroid dienone is 3. The molecular formula is C23H30O4. The first-order chi connectivity index (χ1) is 12.6. The molecule has 146 valence electrons. The molecule has 2 N–H and O–H groups in total. The third-order valence-electron chi connectivity index (χ3n) is 5.80. The molecule has 27 heavy (non-hydrogen) atoms. The number of carbonyl (C=O) groups is 2. The second kappa shape index (κ2) is 8.27. The lowest BCUT2D eigenvalue weighted by Crippen LogP contribution is -2.49. The molecular weight excluding hydrogens is 340 g/mol. The fourth-order valence-electron chi connectivity index (χ4n) is 3.96. The fourth-order valence-corrected chi connectivity index (χ4v) is 3.96. The number of Topliss-reactive ketones (excluding diaryl/α,β-unsaturated/α-hetero) is 1. The van der Waals surface area contributed by atoms with Gasteiger partial charge in [0.15, 0.2) is 5.78 Å². The van der Waals surface area contributed by atoms with Crippen LogP contribution in [0.25, 0.3) is 0 Å². The first kappa shape index (κ1) is 21.2. The number of rotatable bonds is 3. The van der Waals surface area contributed by atoms with Gasteiger partial charge < -0.3 is 10.2 Å². The van der Waals surface area contributed by atoms with Crippen molar-refractivity contribution in [2.75, 3.05) is 0 Å². The van der Waals surface area contributed by atoms with Crippen molar-refractivity contribution < 1.29 is 19.8 Å². The summed E-state index contributed by atoms with van der Waals surface area (Å²) in [4.78, 5) is 23.5. The van der Waals surface area contributed by atoms with Gasteiger partial charge in [-0.25, -0.2) is 4.79 Å². The van der Waals surface area contributed by atoms with E-state index in [9.17, 15) is 14.7 Å². The predicted octanol–water partition coefficient (Wildman–Crippen LogP) is 4.20. The van der Waals surface area contributed by atoms with Gasteiger partial charge >= 0.3 is 5.97 Å². The number of ketones is 1. The van der Waals surface area contributed by atoms with Gasteiger partial charge in [-0.1, -0.05) is 51.0 Å². The van der Waals surface area contributed by atoms with Crippen LogP contribution in [0.5, 0.6) is 0 Å². The van der Waals surface area contributed by atoms with Crippen molar-refractivity contribution >= 4 is 11.8 Å². The summed E-state index contributed by atoms with van der Waals surface area (Å²) in [6, 6.07) is 0. The summed E-state index contributed by atoms with van der Waals surface area (Å²) in [5, 5.41) is 20.3. The Morgan fingerprint density at radius 3 is 2.44 bits per heavy atom. The van der Waals surface area contributed by atoms with Crippen LogP contribution in [-0.4, -0.2) is 27.6 Å². The second-order valence-corrected chi connectivity index (χ2v) is 8.41. The van der Waals surface area contributed by atoms with Crippen molar-refractivity contribution in [3.05, 3.63) is 34.9 Å². The lowest BCUT2D eigenvalue weighted by Gasteiger charge is -2.45. The van der Waals surface area contributed by atoms with E-state index in [0.717, 1.165) is 18.9 Å². The molecule has 4 heteroatoms. The van der Waals surface area contributed by atoms with E-state index in [-0.39, 0.29) is 12.2 Å². The molecule has 0 aromatic rings. The number of carbonyl (C=O) groups excluding carboxylic acids is 1. The molecule has 0 radical (unpaired) electrons. The average Bonchev–Trinajstić information content (AvgIpc) is 2.58. The van der Waals surface area contributed by atoms with Crippen LogP contribution >= 0.6 is 0 Å². The number of aliphatic hydroxyl groups is 1. The van der Waals surface area contributed by atoms with Gasteiger partial charge in [-0.05, 0) is 43.9 Å². The van der Waals surface area contributed by atoms with Crippen LogP contribution in [0.1, 0.15) is 66.2 Å². The Hall–Kier alpha value is -2.12. The van der Waals surface area contributed by atoms with Gasteiger partial charge in [0.2, 0.25) is 0 Å². The van der Waals surface area contributed by atoms with E-state index in [1.807, 2.05) is 13.8 Å². The van der Waals surface area contributed by atoms with Gasteiger partial charge in [0, 0.05) is 23.8 Å². The molecule has 2 aliphatic carbocycles. The van der Waals surface area contributed by atoms with Gasteiger partial charge in [0.05, 0.1) is 5.57 Å². The molecule has 0 aliphatic heterocycles. The quantitative estimate of drug-likeness (QED) is 0.443. The minimum absolute atomic E-state index is 0.0308. The molecule has 1 atom stereocenters. The highest BCUT2D eigenvalue weighted by Gasteiger charge is 2.49. The van der Waals surface area contributed by atoms with E-state index in [4.69, 9.17) is 5.11 Å². The molecule has 2 rings (SSSR count). The van der Waals surface area contributed by atoms with Crippen LogP contribution < -0.4 is 0 Å². The monoisotopic (exact) mass is 370 g/mol. The summed E-state index contributed by atoms with van der Waals surface area (Å²) in [6.45, 7) is 7.11. The Morgan fingerprint density at radius 1 is 1.22 bits per heavy atom. The predicted molar refractivity (Wildman–Crippen MR) is 106 cm³/mol. The molecule has 0 saturated heterocycles. The molecule has 0 heterocycles. The number of hydrogen-bond donors (Lipinski definition) is 2. The van der Waals surface area contributed by atoms with Crippen LogP contribution in [0.3, 0.4) is 0 Å². The van der Waals surface area contributed by atoms with Crippen molar-refractivity contribution in [2.45, 2.75) is 71.8 Å². The van der Waals surface area contributed by atoms with Crippen molar-refractivity contribution in [1.82, 2.24) is 0 Å². The summed E-state index contributed by atoms with van der Waals surface area (Å²) >= 11 is 0. The zero-order chi connectivity index (χ0) is 20.2. The Kier molecular flexibility index (Phi) is 6.49. The summed E-state index contributed by atoms with van der Waals surface area (Å²) in [6.07, 6.45) is 10.2. The standard InChI is InChI=1S/C23H30O4/c1-16(14-21(25)26)12-13-23(27)17(2)19(20(24)15-22(23,3)4)11-10-18-8-6-5-7-9-18/h12-14,18,27H,5-9,15H2,1-4H3,(H,25,26)/b13-12+,16-14-/t23-/m1/s1. The highest BCUT2D eigenvalue weighted by atomic mass is 16.4. The van der Waals surface area contributed by atoms with Crippen molar-refractivity contribution in [3.63, 3.8) is 0 Å². The zero-order valence-electron chi connectivity index (χ0n) is 16.8. The molecule has 2 aliphatic rings. The number of aliphatic carboxylic acids is 1. The lowest BCUT2D eigenvalue weighted by atomic mass is 9.62. The van der Waals surface area contributed by atoms with Gasteiger partial charge in [0.25, 0.3) is 0 Å². The smallest absolute Gasteiger partial charge is 0.328 e. The van der Waals surface area contributed by atoms with Crippen LogP contribution in [0.15, 0.2) is 34.9 Å². The largest absolute Gasteiger partial charge is 0.478 e. The molecule has 0 aromatic carbocycles. The molecule has 0 unspecified atom stereocenters. The third-order valence-corrected chi connectivity index (χ3v) is 5.80. The maximum Gasteiger partial charge on any atom is 0.328 e. The number of carboxylic acid groups (broad SMARTS) is 1. The van der Waals surface area contributed by atoms with Crippen molar-refractivity contribution in [3.8, 4) is 11.8 Å². The van der Waals surface area contributed by atoms with Gasteiger partial charge in [-0.15, -0.1) is 0 Å². The summed E-state index contributed by atoms with van der Waals surface area (Å²) in [5.74, 6) is 5.60. The highest BCUT2D eigenvalue weighted by molar-refractivity contribution is 6.02. The maximum atomic E-state index is 12.7. The van der Waals surface area contributed by atoms with Crippen molar-refractivity contribution in [1.29, 1.82) is 0 Å². The summed E-state index contributed by atoms with van der Waals surface area (Å²) in [7, 11) is 0. The second-order valence-electron chi connectivity index (χ2n) is 8.41. The Morgan fingerprint density at radius 2 is 1.85 bits per heavy atom. The van der Waals surface area contributed by atoms with Crippen LogP contribution in [0, 0.1) is 23.2 Å². The fraction of sp³-hybridized carbons (Fsp3) is 0.565. The van der Waals surface area contributed by atoms with Crippen LogP contribution in [-0.2, 0) is 9.59 Å². The summed E-state index contributed by atoms with van der Waals surface area (Å²) < 4.78 is 0. The topological polar surface area (TPSA) is 74.6 Å². The van der Waals surface area contributed by atoms with Gasteiger partial charge in [-0.2, -0.15) is 0 Å². The molecule has 4 nitrogen and oxygen atoms in total. The lowest BCUT2D eigenvalue weighted by molar-refractivity contribution is -0.131. The Labute approximate surface area is 162 Å². The van der Waals surface area contributed by atoms with Crippen molar-refractivity contribution in [2.24, 2.45) is 11.3 Å². The SMILES string of the molecule is CC1=C(C#CC2CCCCC2)C(=O)CC(C)(C)[C@@]1(O)/C=C/C(C)=C\C(=O)O. The molecule has 0 aromatic heterocycles. The molecule has 1 saturated carbocycles. The van der Waals surface area contributed by atoms with E-state index in [1.54, 1.807) is 26.0 Å². The first-order valence-electron chi connectivity index (χ1n) is 9.66. The first-order valence-corrected chi connectivity index (χ1v) is 9.66. The van der Waals surface area contributed by atoms with E-state index < -0.39 is 17.0 Å². The summed E-state index contributed by atoms with van der Waals surface area (Å²) in [5.41, 5.74) is -0.584. The Balaban J connectivity index is 2.42. The highest BCUT2D eigenvalue weighted by Crippen LogP contribution is 2.46. The van der Waals surface area contributed by atoms with E-state index in [2.05, 4.69) is 11.8 Å². The number of carboxylic acids is 1. The van der Waals surface area contributed by atoms with E-state index in [1.165, 1.54) is 19.3 Å². The normalized spacial score (nSPS) is 26.9. The minimum atomic E-state index is -1.36. The van der Waals surface area contributed by atoms with E-state index in [0.29, 0.717) is 22.6 Å². The molecule has 0 amide bonds. The van der Waals surface area contributed by atoms with Gasteiger partial charge in [-0.3, -0.25) is 4.79 Å². The zero-order valence-corrected chi connectivity index (χ0v) is 16.8. The van der Waals surface area contributed by atoms with Crippen LogP contribution in [0.2, 0.25) is 0 Å². The Bertz CT molecular complexity index is 764. The molecule has 1 fully saturated rings. The van der Waals surface area contributed by atoms with E-state index >= 15 is 0 Å². The maximum absolute atomic E-state index is 12.7. The van der Waals surface area contributed by atoms with Gasteiger partial charge in [0.1, 0.15) is 5.60 Å².